The van der Waals surface area contributed by atoms with Crippen LogP contribution in [-0.2, 0) is 15.8 Å². The third-order valence-corrected chi connectivity index (χ3v) is 8.11. The molecular formula is C29H31F3N4O2S. The van der Waals surface area contributed by atoms with Crippen molar-refractivity contribution in [3.8, 4) is 6.07 Å². The molecule has 10 heteroatoms. The van der Waals surface area contributed by atoms with Crippen LogP contribution in [0.15, 0.2) is 58.5 Å². The molecule has 0 N–H and O–H groups in total. The second-order valence-electron chi connectivity index (χ2n) is 9.70. The Morgan fingerprint density at radius 1 is 0.974 bits per heavy atom. The average molecular weight is 557 g/mol. The fourth-order valence-corrected chi connectivity index (χ4v) is 5.75. The highest BCUT2D eigenvalue weighted by Gasteiger charge is 2.39. The van der Waals surface area contributed by atoms with E-state index in [1.807, 2.05) is 0 Å². The number of alkyl halides is 3. The maximum atomic E-state index is 13.4. The van der Waals surface area contributed by atoms with Gasteiger partial charge in [0.15, 0.2) is 0 Å². The molecule has 0 aromatic heterocycles. The first-order valence-corrected chi connectivity index (χ1v) is 14.2. The van der Waals surface area contributed by atoms with E-state index in [0.717, 1.165) is 56.5 Å². The molecule has 2 aliphatic rings. The van der Waals surface area contributed by atoms with E-state index in [1.54, 1.807) is 18.7 Å². The van der Waals surface area contributed by atoms with Gasteiger partial charge in [0, 0.05) is 42.2 Å². The Hall–Kier alpha value is -3.29. The molecule has 0 bridgehead atoms. The Morgan fingerprint density at radius 2 is 1.69 bits per heavy atom. The second-order valence-corrected chi connectivity index (χ2v) is 10.5. The average Bonchev–Trinajstić information content (AvgIpc) is 3.15. The summed E-state index contributed by atoms with van der Waals surface area (Å²) in [4.78, 5) is 32.8. The predicted octanol–water partition coefficient (Wildman–Crippen LogP) is 5.87. The van der Waals surface area contributed by atoms with Gasteiger partial charge >= 0.3 is 6.18 Å². The minimum atomic E-state index is -4.77. The number of rotatable bonds is 9. The first kappa shape index (κ1) is 28.7. The summed E-state index contributed by atoms with van der Waals surface area (Å²) in [6, 6.07) is 12.9. The van der Waals surface area contributed by atoms with Crippen LogP contribution in [0.25, 0.3) is 0 Å². The minimum absolute atomic E-state index is 0.176. The van der Waals surface area contributed by atoms with Crippen LogP contribution in [0.4, 0.5) is 24.5 Å². The Balaban J connectivity index is 1.26. The normalized spacial score (nSPS) is 16.8. The first-order chi connectivity index (χ1) is 18.7. The van der Waals surface area contributed by atoms with Gasteiger partial charge in [-0.15, -0.1) is 11.8 Å². The summed E-state index contributed by atoms with van der Waals surface area (Å²) in [5.74, 6) is -1.20. The predicted molar refractivity (Wildman–Crippen MR) is 147 cm³/mol. The number of para-hydroxylation sites is 1. The summed E-state index contributed by atoms with van der Waals surface area (Å²) < 4.78 is 40.2. The molecule has 0 saturated carbocycles. The molecule has 0 atom stereocenters. The number of carbonyl (C=O) groups excluding carboxylic acids is 2. The zero-order chi connectivity index (χ0) is 28.2. The highest BCUT2D eigenvalue weighted by Crippen LogP contribution is 2.37. The number of piperazine rings is 1. The maximum Gasteiger partial charge on any atom is 0.417 e. The standard InChI is InChI=1S/C29H31F3N4O2S/c1-20-23(28(38)36(27(20)37)22-12-11-21(19-33)24(18-22)29(30,31)32)8-4-3-7-13-34-14-16-35(17-15-34)25-9-5-6-10-26(25)39-2/h5-6,9-12,18H,3-4,7-8,13-17H2,1-2H3. The topological polar surface area (TPSA) is 67.7 Å². The molecule has 4 rings (SSSR count). The Morgan fingerprint density at radius 3 is 2.36 bits per heavy atom. The number of anilines is 2. The smallest absolute Gasteiger partial charge is 0.368 e. The zero-order valence-corrected chi connectivity index (χ0v) is 22.9. The summed E-state index contributed by atoms with van der Waals surface area (Å²) in [6.45, 7) is 6.42. The van der Waals surface area contributed by atoms with E-state index in [-0.39, 0.29) is 11.3 Å². The molecule has 0 aliphatic carbocycles. The molecule has 2 aromatic carbocycles. The molecule has 0 radical (unpaired) electrons. The third kappa shape index (κ3) is 6.31. The second kappa shape index (κ2) is 12.3. The minimum Gasteiger partial charge on any atom is -0.368 e. The summed E-state index contributed by atoms with van der Waals surface area (Å²) in [6.07, 6.45) is 0.267. The molecule has 0 unspecified atom stereocenters. The van der Waals surface area contributed by atoms with E-state index < -0.39 is 29.1 Å². The number of hydrogen-bond acceptors (Lipinski definition) is 6. The molecule has 6 nitrogen and oxygen atoms in total. The lowest BCUT2D eigenvalue weighted by molar-refractivity contribution is -0.138. The van der Waals surface area contributed by atoms with Crippen molar-refractivity contribution in [2.45, 2.75) is 43.7 Å². The van der Waals surface area contributed by atoms with E-state index >= 15 is 0 Å². The maximum absolute atomic E-state index is 13.4. The summed E-state index contributed by atoms with van der Waals surface area (Å²) in [7, 11) is 0. The lowest BCUT2D eigenvalue weighted by atomic mass is 10.0. The fourth-order valence-electron chi connectivity index (χ4n) is 5.13. The van der Waals surface area contributed by atoms with Crippen LogP contribution in [0.3, 0.4) is 0 Å². The van der Waals surface area contributed by atoms with Crippen molar-refractivity contribution in [2.24, 2.45) is 0 Å². The van der Waals surface area contributed by atoms with Crippen molar-refractivity contribution >= 4 is 35.0 Å². The van der Waals surface area contributed by atoms with Crippen LogP contribution >= 0.6 is 11.8 Å². The van der Waals surface area contributed by atoms with E-state index in [1.165, 1.54) is 22.7 Å². The van der Waals surface area contributed by atoms with Crippen molar-refractivity contribution in [3.05, 3.63) is 64.7 Å². The molecular weight excluding hydrogens is 525 g/mol. The van der Waals surface area contributed by atoms with Crippen LogP contribution in [0.1, 0.15) is 43.7 Å². The van der Waals surface area contributed by atoms with Crippen molar-refractivity contribution < 1.29 is 22.8 Å². The Labute approximate surface area is 231 Å². The lowest BCUT2D eigenvalue weighted by Crippen LogP contribution is -2.46. The van der Waals surface area contributed by atoms with Gasteiger partial charge in [-0.25, -0.2) is 4.90 Å². The molecule has 0 spiro atoms. The number of carbonyl (C=O) groups is 2. The Kier molecular flexibility index (Phi) is 9.03. The van der Waals surface area contributed by atoms with Crippen molar-refractivity contribution in [1.29, 1.82) is 5.26 Å². The van der Waals surface area contributed by atoms with E-state index in [2.05, 4.69) is 40.3 Å². The number of nitriles is 1. The third-order valence-electron chi connectivity index (χ3n) is 7.32. The summed E-state index contributed by atoms with van der Waals surface area (Å²) in [5.41, 5.74) is 0.00206. The lowest BCUT2D eigenvalue weighted by Gasteiger charge is -2.36. The number of halogens is 3. The number of thioether (sulfide) groups is 1. The highest BCUT2D eigenvalue weighted by molar-refractivity contribution is 7.98. The van der Waals surface area contributed by atoms with Gasteiger partial charge in [-0.1, -0.05) is 18.6 Å². The molecule has 39 heavy (non-hydrogen) atoms. The number of amides is 2. The largest absolute Gasteiger partial charge is 0.417 e. The number of unbranched alkanes of at least 4 members (excludes halogenated alkanes) is 2. The molecule has 206 valence electrons. The molecule has 2 aromatic rings. The SMILES string of the molecule is CSc1ccccc1N1CCN(CCCCCC2=C(C)C(=O)N(c3ccc(C#N)c(C(F)(F)F)c3)C2=O)CC1. The van der Waals surface area contributed by atoms with Crippen LogP contribution in [0.5, 0.6) is 0 Å². The van der Waals surface area contributed by atoms with Gasteiger partial charge in [-0.3, -0.25) is 14.5 Å². The number of imide groups is 1. The van der Waals surface area contributed by atoms with Gasteiger partial charge in [0.05, 0.1) is 28.6 Å². The monoisotopic (exact) mass is 556 g/mol. The molecule has 2 heterocycles. The van der Waals surface area contributed by atoms with Crippen LogP contribution in [-0.4, -0.2) is 55.7 Å². The molecule has 2 amide bonds. The molecule has 1 fully saturated rings. The van der Waals surface area contributed by atoms with Crippen molar-refractivity contribution in [1.82, 2.24) is 4.90 Å². The van der Waals surface area contributed by atoms with Gasteiger partial charge < -0.3 is 4.90 Å². The van der Waals surface area contributed by atoms with Gasteiger partial charge in [0.25, 0.3) is 11.8 Å². The summed E-state index contributed by atoms with van der Waals surface area (Å²) in [5, 5.41) is 9.02. The van der Waals surface area contributed by atoms with Gasteiger partial charge in [0.2, 0.25) is 0 Å². The fraction of sp³-hybridized carbons (Fsp3) is 0.414. The highest BCUT2D eigenvalue weighted by atomic mass is 32.2. The van der Waals surface area contributed by atoms with Gasteiger partial charge in [-0.05, 0) is 69.3 Å². The number of hydrogen-bond donors (Lipinski definition) is 0. The Bertz CT molecular complexity index is 1310. The van der Waals surface area contributed by atoms with Crippen LogP contribution in [0, 0.1) is 11.3 Å². The molecule has 2 aliphatic heterocycles. The number of benzene rings is 2. The van der Waals surface area contributed by atoms with Gasteiger partial charge in [0.1, 0.15) is 0 Å². The zero-order valence-electron chi connectivity index (χ0n) is 22.1. The van der Waals surface area contributed by atoms with Gasteiger partial charge in [-0.2, -0.15) is 18.4 Å². The van der Waals surface area contributed by atoms with Crippen molar-refractivity contribution in [2.75, 3.05) is 48.8 Å². The first-order valence-electron chi connectivity index (χ1n) is 13.0. The van der Waals surface area contributed by atoms with Crippen LogP contribution < -0.4 is 9.80 Å². The van der Waals surface area contributed by atoms with Crippen LogP contribution in [0.2, 0.25) is 0 Å². The van der Waals surface area contributed by atoms with Crippen molar-refractivity contribution in [3.63, 3.8) is 0 Å². The van der Waals surface area contributed by atoms with E-state index in [9.17, 15) is 22.8 Å². The molecule has 1 saturated heterocycles. The quantitative estimate of drug-likeness (QED) is 0.219. The van der Waals surface area contributed by atoms with E-state index in [4.69, 9.17) is 5.26 Å². The number of nitrogens with zero attached hydrogens (tertiary/aromatic N) is 4. The summed E-state index contributed by atoms with van der Waals surface area (Å²) >= 11 is 1.76. The van der Waals surface area contributed by atoms with E-state index in [0.29, 0.717) is 24.5 Å².